The van der Waals surface area contributed by atoms with E-state index in [1.165, 1.54) is 0 Å². The lowest BCUT2D eigenvalue weighted by molar-refractivity contribution is -0.117. The predicted octanol–water partition coefficient (Wildman–Crippen LogP) is 2.00. The van der Waals surface area contributed by atoms with Crippen molar-refractivity contribution in [3.63, 3.8) is 0 Å². The third kappa shape index (κ3) is 6.27. The van der Waals surface area contributed by atoms with E-state index in [1.54, 1.807) is 0 Å². The first kappa shape index (κ1) is 20.7. The molecule has 1 saturated heterocycles. The highest BCUT2D eigenvalue weighted by atomic mass is 127. The van der Waals surface area contributed by atoms with Crippen LogP contribution < -0.4 is 15.5 Å². The number of amides is 1. The molecule has 0 aliphatic carbocycles. The van der Waals surface area contributed by atoms with Gasteiger partial charge in [-0.3, -0.25) is 9.79 Å². The Bertz CT molecular complexity index is 525. The molecule has 2 N–H and O–H groups in total. The fourth-order valence-electron chi connectivity index (χ4n) is 2.54. The topological polar surface area (TPSA) is 66.0 Å². The fraction of sp³-hybridized carbons (Fsp3) is 0.529. The van der Waals surface area contributed by atoms with Gasteiger partial charge in [0.15, 0.2) is 5.96 Å². The molecule has 1 aliphatic rings. The van der Waals surface area contributed by atoms with Gasteiger partial charge < -0.3 is 20.3 Å². The number of carbonyl (C=O) groups excluding carboxylic acids is 1. The van der Waals surface area contributed by atoms with Crippen LogP contribution in [-0.4, -0.2) is 50.8 Å². The molecule has 1 amide bonds. The van der Waals surface area contributed by atoms with Gasteiger partial charge in [-0.25, -0.2) is 0 Å². The maximum atomic E-state index is 12.2. The predicted molar refractivity (Wildman–Crippen MR) is 108 cm³/mol. The van der Waals surface area contributed by atoms with E-state index >= 15 is 0 Å². The quantitative estimate of drug-likeness (QED) is 0.291. The molecule has 0 spiro atoms. The summed E-state index contributed by atoms with van der Waals surface area (Å²) in [6.45, 7) is 7.33. The number of ether oxygens (including phenoxy) is 1. The molecule has 134 valence electrons. The van der Waals surface area contributed by atoms with Crippen LogP contribution in [0.3, 0.4) is 0 Å². The number of benzene rings is 1. The molecule has 0 aromatic heterocycles. The molecule has 1 aliphatic heterocycles. The van der Waals surface area contributed by atoms with Gasteiger partial charge in [0, 0.05) is 31.8 Å². The summed E-state index contributed by atoms with van der Waals surface area (Å²) in [5.74, 6) is 0.874. The highest BCUT2D eigenvalue weighted by Crippen LogP contribution is 2.20. The summed E-state index contributed by atoms with van der Waals surface area (Å²) in [5, 5.41) is 6.55. The standard InChI is InChI=1S/C17H26N4O2.HI/c1-3-18-17(19-10-11-23-4-2)20-14-12-16(22)21(13-14)15-8-6-5-7-9-15;/h5-9,14H,3-4,10-13H2,1-2H3,(H2,18,19,20);1H. The number of hydrogen-bond donors (Lipinski definition) is 2. The van der Waals surface area contributed by atoms with Gasteiger partial charge in [0.1, 0.15) is 0 Å². The van der Waals surface area contributed by atoms with Gasteiger partial charge in [-0.1, -0.05) is 18.2 Å². The Balaban J connectivity index is 0.00000288. The second kappa shape index (κ2) is 11.2. The van der Waals surface area contributed by atoms with Crippen LogP contribution in [0.4, 0.5) is 5.69 Å². The molecule has 1 heterocycles. The van der Waals surface area contributed by atoms with Crippen LogP contribution in [0.25, 0.3) is 0 Å². The van der Waals surface area contributed by atoms with Gasteiger partial charge in [0.25, 0.3) is 0 Å². The maximum Gasteiger partial charge on any atom is 0.229 e. The summed E-state index contributed by atoms with van der Waals surface area (Å²) in [4.78, 5) is 18.5. The highest BCUT2D eigenvalue weighted by molar-refractivity contribution is 14.0. The molecule has 1 fully saturated rings. The van der Waals surface area contributed by atoms with Crippen LogP contribution >= 0.6 is 24.0 Å². The molecule has 6 nitrogen and oxygen atoms in total. The zero-order valence-corrected chi connectivity index (χ0v) is 16.7. The Hall–Kier alpha value is -1.35. The number of carbonyl (C=O) groups is 1. The summed E-state index contributed by atoms with van der Waals surface area (Å²) < 4.78 is 5.30. The Morgan fingerprint density at radius 2 is 2.08 bits per heavy atom. The molecule has 2 rings (SSSR count). The van der Waals surface area contributed by atoms with Crippen molar-refractivity contribution in [3.8, 4) is 0 Å². The summed E-state index contributed by atoms with van der Waals surface area (Å²) in [7, 11) is 0. The van der Waals surface area contributed by atoms with Crippen molar-refractivity contribution < 1.29 is 9.53 Å². The molecule has 7 heteroatoms. The van der Waals surface area contributed by atoms with Gasteiger partial charge in [-0.15, -0.1) is 24.0 Å². The number of aliphatic imine (C=N–C) groups is 1. The second-order valence-corrected chi connectivity index (χ2v) is 5.34. The SMILES string of the molecule is CCNC(=NCCOCC)NC1CC(=O)N(c2ccccc2)C1.I. The summed E-state index contributed by atoms with van der Waals surface area (Å²) in [6, 6.07) is 9.83. The first-order valence-corrected chi connectivity index (χ1v) is 8.22. The minimum atomic E-state index is 0. The number of para-hydroxylation sites is 1. The lowest BCUT2D eigenvalue weighted by Crippen LogP contribution is -2.44. The van der Waals surface area contributed by atoms with Gasteiger partial charge in [-0.05, 0) is 26.0 Å². The van der Waals surface area contributed by atoms with Crippen molar-refractivity contribution in [2.45, 2.75) is 26.3 Å². The normalized spacial score (nSPS) is 17.6. The lowest BCUT2D eigenvalue weighted by atomic mass is 10.2. The van der Waals surface area contributed by atoms with E-state index in [-0.39, 0.29) is 35.9 Å². The molecular weight excluding hydrogens is 419 g/mol. The van der Waals surface area contributed by atoms with E-state index in [1.807, 2.05) is 49.1 Å². The van der Waals surface area contributed by atoms with Crippen molar-refractivity contribution >= 4 is 41.5 Å². The fourth-order valence-corrected chi connectivity index (χ4v) is 2.54. The molecule has 24 heavy (non-hydrogen) atoms. The average Bonchev–Trinajstić information content (AvgIpc) is 2.93. The Labute approximate surface area is 161 Å². The first-order chi connectivity index (χ1) is 11.2. The van der Waals surface area contributed by atoms with E-state index in [2.05, 4.69) is 15.6 Å². The molecule has 1 aromatic rings. The highest BCUT2D eigenvalue weighted by Gasteiger charge is 2.30. The van der Waals surface area contributed by atoms with Crippen LogP contribution in [0, 0.1) is 0 Å². The summed E-state index contributed by atoms with van der Waals surface area (Å²) >= 11 is 0. The van der Waals surface area contributed by atoms with Crippen LogP contribution in [0.5, 0.6) is 0 Å². The molecule has 1 unspecified atom stereocenters. The van der Waals surface area contributed by atoms with E-state index < -0.39 is 0 Å². The third-order valence-corrected chi connectivity index (χ3v) is 3.59. The van der Waals surface area contributed by atoms with Crippen molar-refractivity contribution in [1.29, 1.82) is 0 Å². The third-order valence-electron chi connectivity index (χ3n) is 3.59. The summed E-state index contributed by atoms with van der Waals surface area (Å²) in [5.41, 5.74) is 0.945. The largest absolute Gasteiger partial charge is 0.380 e. The molecule has 0 saturated carbocycles. The van der Waals surface area contributed by atoms with E-state index in [9.17, 15) is 4.79 Å². The number of nitrogens with zero attached hydrogens (tertiary/aromatic N) is 2. The van der Waals surface area contributed by atoms with Crippen molar-refractivity contribution in [2.24, 2.45) is 4.99 Å². The number of rotatable bonds is 7. The summed E-state index contributed by atoms with van der Waals surface area (Å²) in [6.07, 6.45) is 0.477. The number of anilines is 1. The minimum absolute atomic E-state index is 0. The minimum Gasteiger partial charge on any atom is -0.380 e. The second-order valence-electron chi connectivity index (χ2n) is 5.34. The average molecular weight is 446 g/mol. The van der Waals surface area contributed by atoms with Gasteiger partial charge >= 0.3 is 0 Å². The molecule has 1 aromatic carbocycles. The maximum absolute atomic E-state index is 12.2. The molecule has 0 bridgehead atoms. The molecular formula is C17H27IN4O2. The van der Waals surface area contributed by atoms with E-state index in [4.69, 9.17) is 4.74 Å². The zero-order chi connectivity index (χ0) is 16.5. The number of halogens is 1. The van der Waals surface area contributed by atoms with Crippen molar-refractivity contribution in [2.75, 3.05) is 37.7 Å². The van der Waals surface area contributed by atoms with E-state index in [0.29, 0.717) is 32.7 Å². The number of nitrogens with one attached hydrogen (secondary N) is 2. The molecule has 0 radical (unpaired) electrons. The molecule has 1 atom stereocenters. The number of guanidine groups is 1. The van der Waals surface area contributed by atoms with Crippen molar-refractivity contribution in [3.05, 3.63) is 30.3 Å². The van der Waals surface area contributed by atoms with Crippen LogP contribution in [0.2, 0.25) is 0 Å². The number of hydrogen-bond acceptors (Lipinski definition) is 3. The Morgan fingerprint density at radius 3 is 2.75 bits per heavy atom. The van der Waals surface area contributed by atoms with Gasteiger partial charge in [0.05, 0.1) is 19.2 Å². The first-order valence-electron chi connectivity index (χ1n) is 8.22. The smallest absolute Gasteiger partial charge is 0.229 e. The zero-order valence-electron chi connectivity index (χ0n) is 14.3. The van der Waals surface area contributed by atoms with Gasteiger partial charge in [-0.2, -0.15) is 0 Å². The van der Waals surface area contributed by atoms with E-state index in [0.717, 1.165) is 18.2 Å². The Morgan fingerprint density at radius 1 is 1.33 bits per heavy atom. The van der Waals surface area contributed by atoms with Crippen molar-refractivity contribution in [1.82, 2.24) is 10.6 Å². The lowest BCUT2D eigenvalue weighted by Gasteiger charge is -2.19. The van der Waals surface area contributed by atoms with Crippen LogP contribution in [-0.2, 0) is 9.53 Å². The van der Waals surface area contributed by atoms with Crippen LogP contribution in [0.15, 0.2) is 35.3 Å². The van der Waals surface area contributed by atoms with Crippen LogP contribution in [0.1, 0.15) is 20.3 Å². The van der Waals surface area contributed by atoms with Gasteiger partial charge in [0.2, 0.25) is 5.91 Å². The Kier molecular flexibility index (Phi) is 9.70. The monoisotopic (exact) mass is 446 g/mol.